The van der Waals surface area contributed by atoms with Gasteiger partial charge in [0.2, 0.25) is 0 Å². The maximum Gasteiger partial charge on any atom is 0.123 e. The van der Waals surface area contributed by atoms with Gasteiger partial charge in [0.1, 0.15) is 11.6 Å². The zero-order valence-electron chi connectivity index (χ0n) is 15.1. The molecule has 1 unspecified atom stereocenters. The second-order valence-electron chi connectivity index (χ2n) is 6.33. The lowest BCUT2D eigenvalue weighted by Crippen LogP contribution is -2.08. The summed E-state index contributed by atoms with van der Waals surface area (Å²) in [5.74, 6) is 1.52. The maximum absolute atomic E-state index is 5.93. The Hall–Kier alpha value is -3.07. The van der Waals surface area contributed by atoms with E-state index in [1.54, 1.807) is 7.11 Å². The van der Waals surface area contributed by atoms with Crippen LogP contribution in [0.5, 0.6) is 5.75 Å². The normalized spacial score (nSPS) is 11.7. The summed E-state index contributed by atoms with van der Waals surface area (Å²) in [5.41, 5.74) is 10.6. The first kappa shape index (κ1) is 17.7. The maximum atomic E-state index is 5.93. The van der Waals surface area contributed by atoms with Crippen molar-refractivity contribution < 1.29 is 4.74 Å². The van der Waals surface area contributed by atoms with Crippen LogP contribution in [0.2, 0.25) is 0 Å². The first-order valence-corrected chi connectivity index (χ1v) is 8.74. The molecule has 132 valence electrons. The summed E-state index contributed by atoms with van der Waals surface area (Å²) in [6.07, 6.45) is 3.66. The number of pyridine rings is 1. The summed E-state index contributed by atoms with van der Waals surface area (Å²) in [7, 11) is 1.68. The Balaban J connectivity index is 1.97. The Morgan fingerprint density at radius 1 is 1.04 bits per heavy atom. The third kappa shape index (κ3) is 4.31. The fourth-order valence-corrected chi connectivity index (χ4v) is 3.18. The number of benzene rings is 2. The third-order valence-electron chi connectivity index (χ3n) is 4.48. The number of rotatable bonds is 7. The van der Waals surface area contributed by atoms with Crippen LogP contribution in [0.25, 0.3) is 0 Å². The molecular weight excluding hydrogens is 320 g/mol. The molecule has 0 fully saturated rings. The molecule has 2 aromatic carbocycles. The molecule has 0 saturated carbocycles. The number of allylic oxidation sites excluding steroid dienone is 1. The van der Waals surface area contributed by atoms with Gasteiger partial charge in [0.05, 0.1) is 12.8 Å². The molecule has 0 amide bonds. The van der Waals surface area contributed by atoms with E-state index in [2.05, 4.69) is 48.0 Å². The van der Waals surface area contributed by atoms with Crippen LogP contribution < -0.4 is 10.5 Å². The van der Waals surface area contributed by atoms with Crippen LogP contribution in [0, 0.1) is 0 Å². The van der Waals surface area contributed by atoms with E-state index in [1.165, 1.54) is 16.7 Å². The Labute approximate surface area is 155 Å². The average Bonchev–Trinajstić information content (AvgIpc) is 2.67. The van der Waals surface area contributed by atoms with Crippen molar-refractivity contribution in [3.8, 4) is 5.75 Å². The Morgan fingerprint density at radius 3 is 2.46 bits per heavy atom. The number of methoxy groups -OCH3 is 1. The van der Waals surface area contributed by atoms with Gasteiger partial charge >= 0.3 is 0 Å². The van der Waals surface area contributed by atoms with Crippen LogP contribution in [-0.2, 0) is 12.8 Å². The number of ether oxygens (including phenoxy) is 1. The van der Waals surface area contributed by atoms with Crippen molar-refractivity contribution in [2.24, 2.45) is 0 Å². The Bertz CT molecular complexity index is 871. The number of nitrogens with zero attached hydrogens (tertiary/aromatic N) is 1. The molecule has 0 aliphatic carbocycles. The molecule has 0 aliphatic rings. The number of aromatic nitrogens is 1. The number of nitrogen functional groups attached to an aromatic ring is 1. The van der Waals surface area contributed by atoms with Crippen molar-refractivity contribution >= 4 is 5.82 Å². The minimum Gasteiger partial charge on any atom is -0.497 e. The smallest absolute Gasteiger partial charge is 0.123 e. The topological polar surface area (TPSA) is 48.1 Å². The first-order valence-electron chi connectivity index (χ1n) is 8.74. The summed E-state index contributed by atoms with van der Waals surface area (Å²) in [5, 5.41) is 0. The molecule has 3 heteroatoms. The number of nitrogens with two attached hydrogens (primary N) is 1. The molecule has 0 spiro atoms. The van der Waals surface area contributed by atoms with Crippen molar-refractivity contribution in [2.75, 3.05) is 12.8 Å². The van der Waals surface area contributed by atoms with Crippen LogP contribution in [0.4, 0.5) is 5.82 Å². The van der Waals surface area contributed by atoms with Gasteiger partial charge in [0, 0.05) is 5.92 Å². The standard InChI is InChI=1S/C23H24N2O/c1-3-6-17-7-4-8-18(15-17)16-21(22-9-5-10-23(24)25-22)19-11-13-20(26-2)14-12-19/h3-5,7-15,21H,1,6,16H2,2H3,(H2,24,25). The van der Waals surface area contributed by atoms with E-state index < -0.39 is 0 Å². The number of anilines is 1. The lowest BCUT2D eigenvalue weighted by atomic mass is 9.88. The summed E-state index contributed by atoms with van der Waals surface area (Å²) in [6, 6.07) is 22.6. The van der Waals surface area contributed by atoms with Crippen LogP contribution >= 0.6 is 0 Å². The highest BCUT2D eigenvalue weighted by Gasteiger charge is 2.17. The van der Waals surface area contributed by atoms with Crippen molar-refractivity contribution in [3.63, 3.8) is 0 Å². The van der Waals surface area contributed by atoms with Gasteiger partial charge in [0.15, 0.2) is 0 Å². The van der Waals surface area contributed by atoms with Crippen LogP contribution in [0.3, 0.4) is 0 Å². The van der Waals surface area contributed by atoms with Gasteiger partial charge in [0.25, 0.3) is 0 Å². The molecule has 1 heterocycles. The molecule has 26 heavy (non-hydrogen) atoms. The van der Waals surface area contributed by atoms with Crippen molar-refractivity contribution in [1.82, 2.24) is 4.98 Å². The monoisotopic (exact) mass is 344 g/mol. The van der Waals surface area contributed by atoms with E-state index in [0.717, 1.165) is 24.3 Å². The summed E-state index contributed by atoms with van der Waals surface area (Å²) < 4.78 is 5.29. The van der Waals surface area contributed by atoms with Gasteiger partial charge in [-0.3, -0.25) is 0 Å². The van der Waals surface area contributed by atoms with Gasteiger partial charge in [-0.15, -0.1) is 6.58 Å². The molecular formula is C23H24N2O. The summed E-state index contributed by atoms with van der Waals surface area (Å²) in [4.78, 5) is 4.58. The van der Waals surface area contributed by atoms with Gasteiger partial charge in [-0.2, -0.15) is 0 Å². The van der Waals surface area contributed by atoms with Gasteiger partial charge in [-0.1, -0.05) is 48.5 Å². The van der Waals surface area contributed by atoms with Crippen molar-refractivity contribution in [2.45, 2.75) is 18.8 Å². The fourth-order valence-electron chi connectivity index (χ4n) is 3.18. The SMILES string of the molecule is C=CCc1cccc(CC(c2ccc(OC)cc2)c2cccc(N)n2)c1. The van der Waals surface area contributed by atoms with Gasteiger partial charge < -0.3 is 10.5 Å². The quantitative estimate of drug-likeness (QED) is 0.628. The van der Waals surface area contributed by atoms with E-state index in [4.69, 9.17) is 10.5 Å². The zero-order valence-corrected chi connectivity index (χ0v) is 15.1. The molecule has 3 rings (SSSR count). The molecule has 0 aliphatic heterocycles. The molecule has 0 saturated heterocycles. The van der Waals surface area contributed by atoms with Crippen molar-refractivity contribution in [3.05, 3.63) is 102 Å². The first-order chi connectivity index (χ1) is 12.7. The highest BCUT2D eigenvalue weighted by Crippen LogP contribution is 2.29. The number of hydrogen-bond acceptors (Lipinski definition) is 3. The molecule has 3 nitrogen and oxygen atoms in total. The van der Waals surface area contributed by atoms with Gasteiger partial charge in [-0.05, 0) is 53.8 Å². The predicted octanol–water partition coefficient (Wildman–Crippen LogP) is 4.78. The van der Waals surface area contributed by atoms with Gasteiger partial charge in [-0.25, -0.2) is 4.98 Å². The predicted molar refractivity (Wildman–Crippen MR) is 108 cm³/mol. The lowest BCUT2D eigenvalue weighted by molar-refractivity contribution is 0.414. The van der Waals surface area contributed by atoms with E-state index >= 15 is 0 Å². The average molecular weight is 344 g/mol. The van der Waals surface area contributed by atoms with Crippen LogP contribution in [0.1, 0.15) is 28.3 Å². The number of hydrogen-bond donors (Lipinski definition) is 1. The molecule has 0 radical (unpaired) electrons. The zero-order chi connectivity index (χ0) is 18.4. The third-order valence-corrected chi connectivity index (χ3v) is 4.48. The second-order valence-corrected chi connectivity index (χ2v) is 6.33. The van der Waals surface area contributed by atoms with E-state index in [0.29, 0.717) is 5.82 Å². The van der Waals surface area contributed by atoms with E-state index in [9.17, 15) is 0 Å². The Morgan fingerprint density at radius 2 is 1.77 bits per heavy atom. The molecule has 3 aromatic rings. The second kappa shape index (κ2) is 8.34. The molecule has 1 atom stereocenters. The fraction of sp³-hybridized carbons (Fsp3) is 0.174. The molecule has 2 N–H and O–H groups in total. The molecule has 0 bridgehead atoms. The minimum atomic E-state index is 0.128. The van der Waals surface area contributed by atoms with Crippen molar-refractivity contribution in [1.29, 1.82) is 0 Å². The van der Waals surface area contributed by atoms with Crippen LogP contribution in [0.15, 0.2) is 79.4 Å². The largest absolute Gasteiger partial charge is 0.497 e. The Kier molecular flexibility index (Phi) is 5.69. The van der Waals surface area contributed by atoms with E-state index in [-0.39, 0.29) is 5.92 Å². The van der Waals surface area contributed by atoms with Crippen LogP contribution in [-0.4, -0.2) is 12.1 Å². The lowest BCUT2D eigenvalue weighted by Gasteiger charge is -2.18. The summed E-state index contributed by atoms with van der Waals surface area (Å²) >= 11 is 0. The molecule has 1 aromatic heterocycles. The summed E-state index contributed by atoms with van der Waals surface area (Å²) in [6.45, 7) is 3.83. The minimum absolute atomic E-state index is 0.128. The van der Waals surface area contributed by atoms with E-state index in [1.807, 2.05) is 36.4 Å². The highest BCUT2D eigenvalue weighted by atomic mass is 16.5. The highest BCUT2D eigenvalue weighted by molar-refractivity contribution is 5.39.